The van der Waals surface area contributed by atoms with Crippen molar-refractivity contribution < 1.29 is 20.4 Å². The Morgan fingerprint density at radius 2 is 1.90 bits per heavy atom. The summed E-state index contributed by atoms with van der Waals surface area (Å²) in [7, 11) is 0. The third kappa shape index (κ3) is 3.96. The topological polar surface area (TPSA) is 144 Å². The molecular formula is C20H25N5O4S. The maximum absolute atomic E-state index is 10.4. The molecule has 3 aromatic rings. The third-order valence-electron chi connectivity index (χ3n) is 5.35. The molecule has 1 aliphatic rings. The maximum atomic E-state index is 10.4. The Kier molecular flexibility index (Phi) is 6.11. The van der Waals surface area contributed by atoms with Gasteiger partial charge in [0.2, 0.25) is 5.95 Å². The summed E-state index contributed by atoms with van der Waals surface area (Å²) in [6, 6.07) is 7.35. The molecule has 1 fully saturated rings. The molecule has 6 N–H and O–H groups in total. The molecule has 0 aliphatic heterocycles. The van der Waals surface area contributed by atoms with E-state index in [0.717, 1.165) is 20.8 Å². The minimum atomic E-state index is -1.03. The Bertz CT molecular complexity index is 997. The van der Waals surface area contributed by atoms with E-state index in [4.69, 9.17) is 10.1 Å². The van der Waals surface area contributed by atoms with Gasteiger partial charge >= 0.3 is 0 Å². The molecule has 160 valence electrons. The van der Waals surface area contributed by atoms with Crippen molar-refractivity contribution in [1.82, 2.24) is 15.0 Å². The summed E-state index contributed by atoms with van der Waals surface area (Å²) in [4.78, 5) is 13.8. The van der Waals surface area contributed by atoms with Crippen LogP contribution in [0, 0.1) is 12.8 Å². The van der Waals surface area contributed by atoms with Gasteiger partial charge in [-0.3, -0.25) is 0 Å². The molecule has 4 atom stereocenters. The Morgan fingerprint density at radius 1 is 1.10 bits per heavy atom. The zero-order valence-corrected chi connectivity index (χ0v) is 17.3. The fourth-order valence-corrected chi connectivity index (χ4v) is 4.85. The number of hydrogen-bond donors (Lipinski definition) is 6. The summed E-state index contributed by atoms with van der Waals surface area (Å²) in [5.41, 5.74) is 2.29. The van der Waals surface area contributed by atoms with Gasteiger partial charge < -0.3 is 31.1 Å². The van der Waals surface area contributed by atoms with Crippen LogP contribution >= 0.6 is 11.3 Å². The second kappa shape index (κ2) is 8.78. The lowest BCUT2D eigenvalue weighted by Gasteiger charge is -2.21. The first kappa shape index (κ1) is 20.9. The van der Waals surface area contributed by atoms with Crippen molar-refractivity contribution in [3.05, 3.63) is 30.0 Å². The smallest absolute Gasteiger partial charge is 0.224 e. The highest BCUT2D eigenvalue weighted by Crippen LogP contribution is 2.38. The van der Waals surface area contributed by atoms with Crippen LogP contribution in [-0.4, -0.2) is 73.4 Å². The van der Waals surface area contributed by atoms with Crippen LogP contribution in [0.25, 0.3) is 20.8 Å². The number of para-hydroxylation sites is 1. The molecule has 0 bridgehead atoms. The molecule has 4 rings (SSSR count). The van der Waals surface area contributed by atoms with Crippen LogP contribution in [-0.2, 0) is 0 Å². The van der Waals surface area contributed by atoms with Gasteiger partial charge in [-0.1, -0.05) is 12.1 Å². The quantitative estimate of drug-likeness (QED) is 0.322. The minimum absolute atomic E-state index is 0.0590. The molecule has 1 saturated carbocycles. The number of benzene rings is 1. The third-order valence-corrected chi connectivity index (χ3v) is 6.40. The van der Waals surface area contributed by atoms with E-state index in [0.29, 0.717) is 30.4 Å². The highest BCUT2D eigenvalue weighted by Gasteiger charge is 2.41. The van der Waals surface area contributed by atoms with Crippen LogP contribution in [0.5, 0.6) is 0 Å². The maximum Gasteiger partial charge on any atom is 0.224 e. The van der Waals surface area contributed by atoms with Crippen molar-refractivity contribution in [2.75, 3.05) is 30.4 Å². The summed E-state index contributed by atoms with van der Waals surface area (Å²) in [6.07, 6.45) is -1.64. The molecule has 30 heavy (non-hydrogen) atoms. The molecule has 0 radical (unpaired) electrons. The second-order valence-electron chi connectivity index (χ2n) is 7.40. The number of aliphatic hydroxyl groups is 4. The van der Waals surface area contributed by atoms with Crippen molar-refractivity contribution in [1.29, 1.82) is 0 Å². The molecule has 0 unspecified atom stereocenters. The molecule has 2 heterocycles. The summed E-state index contributed by atoms with van der Waals surface area (Å²) in [6.45, 7) is 1.90. The van der Waals surface area contributed by atoms with Crippen LogP contribution in [0.4, 0.5) is 11.8 Å². The molecule has 2 aromatic heterocycles. The lowest BCUT2D eigenvalue weighted by Crippen LogP contribution is -2.35. The molecule has 9 nitrogen and oxygen atoms in total. The number of aliphatic hydroxyl groups excluding tert-OH is 4. The van der Waals surface area contributed by atoms with Gasteiger partial charge in [0, 0.05) is 19.1 Å². The van der Waals surface area contributed by atoms with Gasteiger partial charge in [-0.2, -0.15) is 4.98 Å². The monoisotopic (exact) mass is 431 g/mol. The summed E-state index contributed by atoms with van der Waals surface area (Å²) < 4.78 is 1.04. The number of hydrogen-bond acceptors (Lipinski definition) is 10. The van der Waals surface area contributed by atoms with Crippen LogP contribution < -0.4 is 10.6 Å². The molecule has 0 amide bonds. The summed E-state index contributed by atoms with van der Waals surface area (Å²) in [5, 5.41) is 46.2. The standard InChI is InChI=1S/C20H25N5O4S/c1-10-15(19-24-12-4-2-3-5-14(12)30-19)18(25-20(22-10)21-6-7-26)23-13-8-11(9-27)16(28)17(13)29/h2-5,11,13,16-17,26-29H,6-9H2,1H3,(H2,21,22,23,25)/t11-,13-,16-,17+/m1/s1. The van der Waals surface area contributed by atoms with E-state index in [9.17, 15) is 15.3 Å². The fraction of sp³-hybridized carbons (Fsp3) is 0.450. The highest BCUT2D eigenvalue weighted by atomic mass is 32.1. The first-order valence-electron chi connectivity index (χ1n) is 9.84. The molecule has 1 aromatic carbocycles. The Balaban J connectivity index is 1.75. The number of nitrogens with zero attached hydrogens (tertiary/aromatic N) is 3. The molecular weight excluding hydrogens is 406 g/mol. The second-order valence-corrected chi connectivity index (χ2v) is 8.43. The van der Waals surface area contributed by atoms with Gasteiger partial charge in [-0.25, -0.2) is 9.97 Å². The Labute approximate surface area is 177 Å². The fourth-order valence-electron chi connectivity index (χ4n) is 3.78. The molecule has 10 heteroatoms. The van der Waals surface area contributed by atoms with Gasteiger partial charge in [0.25, 0.3) is 0 Å². The number of aromatic nitrogens is 3. The van der Waals surface area contributed by atoms with E-state index in [-0.39, 0.29) is 13.2 Å². The first-order valence-corrected chi connectivity index (χ1v) is 10.7. The van der Waals surface area contributed by atoms with Crippen molar-refractivity contribution >= 4 is 33.3 Å². The largest absolute Gasteiger partial charge is 0.396 e. The number of fused-ring (bicyclic) bond motifs is 1. The summed E-state index contributed by atoms with van der Waals surface area (Å²) >= 11 is 1.52. The van der Waals surface area contributed by atoms with E-state index in [1.165, 1.54) is 11.3 Å². The Hall–Kier alpha value is -2.37. The van der Waals surface area contributed by atoms with Crippen LogP contribution in [0.15, 0.2) is 24.3 Å². The van der Waals surface area contributed by atoms with Gasteiger partial charge in [0.05, 0.1) is 40.2 Å². The van der Waals surface area contributed by atoms with Gasteiger partial charge in [-0.05, 0) is 25.5 Å². The average Bonchev–Trinajstić information content (AvgIpc) is 3.28. The number of rotatable bonds is 7. The predicted molar refractivity (Wildman–Crippen MR) is 116 cm³/mol. The lowest BCUT2D eigenvalue weighted by molar-refractivity contribution is 0.00446. The van der Waals surface area contributed by atoms with Crippen molar-refractivity contribution in [2.24, 2.45) is 5.92 Å². The van der Waals surface area contributed by atoms with Crippen molar-refractivity contribution in [3.63, 3.8) is 0 Å². The van der Waals surface area contributed by atoms with E-state index in [1.54, 1.807) is 0 Å². The first-order chi connectivity index (χ1) is 14.5. The van der Waals surface area contributed by atoms with Crippen LogP contribution in [0.3, 0.4) is 0 Å². The van der Waals surface area contributed by atoms with Gasteiger partial charge in [0.15, 0.2) is 0 Å². The van der Waals surface area contributed by atoms with E-state index in [1.807, 2.05) is 31.2 Å². The summed E-state index contributed by atoms with van der Waals surface area (Å²) in [5.74, 6) is 0.427. The van der Waals surface area contributed by atoms with E-state index < -0.39 is 24.2 Å². The molecule has 1 aliphatic carbocycles. The molecule has 0 saturated heterocycles. The number of thiazole rings is 1. The lowest BCUT2D eigenvalue weighted by atomic mass is 10.1. The number of aryl methyl sites for hydroxylation is 1. The van der Waals surface area contributed by atoms with Crippen molar-refractivity contribution in [2.45, 2.75) is 31.6 Å². The highest BCUT2D eigenvalue weighted by molar-refractivity contribution is 7.21. The normalized spacial score (nSPS) is 23.8. The zero-order valence-electron chi connectivity index (χ0n) is 16.5. The van der Waals surface area contributed by atoms with Crippen LogP contribution in [0.2, 0.25) is 0 Å². The average molecular weight is 432 g/mol. The zero-order chi connectivity index (χ0) is 21.3. The number of nitrogens with one attached hydrogen (secondary N) is 2. The van der Waals surface area contributed by atoms with Gasteiger partial charge in [-0.15, -0.1) is 11.3 Å². The Morgan fingerprint density at radius 3 is 2.60 bits per heavy atom. The van der Waals surface area contributed by atoms with Crippen molar-refractivity contribution in [3.8, 4) is 10.6 Å². The minimum Gasteiger partial charge on any atom is -0.396 e. The SMILES string of the molecule is Cc1nc(NCCO)nc(N[C@@H]2C[C@H](CO)[C@@H](O)[C@H]2O)c1-c1nc2ccccc2s1. The predicted octanol–water partition coefficient (Wildman–Crippen LogP) is 0.980. The molecule has 0 spiro atoms. The van der Waals surface area contributed by atoms with E-state index >= 15 is 0 Å². The van der Waals surface area contributed by atoms with Gasteiger partial charge in [0.1, 0.15) is 16.9 Å². The number of anilines is 2. The van der Waals surface area contributed by atoms with E-state index in [2.05, 4.69) is 20.6 Å². The van der Waals surface area contributed by atoms with Crippen LogP contribution in [0.1, 0.15) is 12.1 Å².